The van der Waals surface area contributed by atoms with Gasteiger partial charge >= 0.3 is 0 Å². The minimum atomic E-state index is -0.251. The Kier molecular flexibility index (Phi) is 10.4. The van der Waals surface area contributed by atoms with Crippen LogP contribution in [0.1, 0.15) is 16.9 Å². The van der Waals surface area contributed by atoms with Crippen molar-refractivity contribution in [1.82, 2.24) is 4.98 Å². The van der Waals surface area contributed by atoms with Crippen molar-refractivity contribution in [3.05, 3.63) is 56.2 Å². The summed E-state index contributed by atoms with van der Waals surface area (Å²) in [7, 11) is 0. The molecule has 4 nitrogen and oxygen atoms in total. The van der Waals surface area contributed by atoms with Crippen LogP contribution in [0.4, 0.5) is 10.1 Å². The number of pyridine rings is 1. The third-order valence-corrected chi connectivity index (χ3v) is 6.54. The summed E-state index contributed by atoms with van der Waals surface area (Å²) in [5.74, 6) is -0.251. The molecule has 2 aromatic heterocycles. The standard InChI is InChI=1S/C18H18BrClFN3OS.2ClH/c19-16-14(7-11(22)5-6-25)26-18-13(8-15(20)24-17(16)18)23-9-10-3-1-2-4-12(10)21;;/h1-4,8,11,25H,5-7,9,22H2,(H,23,24);2*1H. The van der Waals surface area contributed by atoms with Crippen molar-refractivity contribution in [2.24, 2.45) is 5.73 Å². The highest BCUT2D eigenvalue weighted by molar-refractivity contribution is 9.10. The van der Waals surface area contributed by atoms with Crippen molar-refractivity contribution in [3.63, 3.8) is 0 Å². The van der Waals surface area contributed by atoms with Crippen molar-refractivity contribution < 1.29 is 9.50 Å². The Bertz CT molecular complexity index is 928. The van der Waals surface area contributed by atoms with E-state index in [-0.39, 0.29) is 43.3 Å². The van der Waals surface area contributed by atoms with Crippen LogP contribution in [0.2, 0.25) is 5.15 Å². The second-order valence-electron chi connectivity index (χ2n) is 5.93. The first-order chi connectivity index (χ1) is 12.5. The van der Waals surface area contributed by atoms with Crippen LogP contribution < -0.4 is 11.1 Å². The van der Waals surface area contributed by atoms with E-state index in [0.717, 1.165) is 25.3 Å². The summed E-state index contributed by atoms with van der Waals surface area (Å²) in [5, 5.41) is 12.7. The summed E-state index contributed by atoms with van der Waals surface area (Å²) < 4.78 is 15.6. The van der Waals surface area contributed by atoms with Gasteiger partial charge in [0.25, 0.3) is 0 Å². The van der Waals surface area contributed by atoms with Crippen molar-refractivity contribution >= 4 is 79.6 Å². The number of aliphatic hydroxyl groups is 1. The zero-order valence-electron chi connectivity index (χ0n) is 14.6. The number of aromatic nitrogens is 1. The number of hydrogen-bond acceptors (Lipinski definition) is 5. The number of rotatable bonds is 7. The molecule has 1 atom stereocenters. The second kappa shape index (κ2) is 11.5. The molecule has 10 heteroatoms. The third kappa shape index (κ3) is 5.92. The number of thiophene rings is 1. The molecule has 154 valence electrons. The largest absolute Gasteiger partial charge is 0.396 e. The first-order valence-electron chi connectivity index (χ1n) is 8.10. The Hall–Kier alpha value is -0.670. The van der Waals surface area contributed by atoms with Crippen LogP contribution in [0.15, 0.2) is 34.8 Å². The van der Waals surface area contributed by atoms with Gasteiger partial charge < -0.3 is 16.2 Å². The molecule has 28 heavy (non-hydrogen) atoms. The summed E-state index contributed by atoms with van der Waals surface area (Å²) in [6.45, 7) is 0.403. The maximum absolute atomic E-state index is 13.9. The Balaban J connectivity index is 0.00000196. The summed E-state index contributed by atoms with van der Waals surface area (Å²) in [6, 6.07) is 8.26. The molecule has 0 aliphatic carbocycles. The zero-order chi connectivity index (χ0) is 18.7. The fourth-order valence-electron chi connectivity index (χ4n) is 2.66. The second-order valence-corrected chi connectivity index (χ2v) is 8.22. The molecule has 3 aromatic rings. The van der Waals surface area contributed by atoms with Gasteiger partial charge in [-0.15, -0.1) is 36.2 Å². The minimum absolute atomic E-state index is 0. The number of nitrogens with zero attached hydrogens (tertiary/aromatic N) is 1. The number of benzene rings is 1. The van der Waals surface area contributed by atoms with E-state index in [4.69, 9.17) is 22.4 Å². The molecule has 0 aliphatic rings. The number of nitrogens with two attached hydrogens (primary N) is 1. The van der Waals surface area contributed by atoms with Crippen LogP contribution in [0.3, 0.4) is 0 Å². The number of anilines is 1. The van der Waals surface area contributed by atoms with Crippen LogP contribution >= 0.6 is 63.7 Å². The molecule has 4 N–H and O–H groups in total. The molecule has 0 spiro atoms. The van der Waals surface area contributed by atoms with E-state index in [9.17, 15) is 4.39 Å². The van der Waals surface area contributed by atoms with E-state index in [1.54, 1.807) is 35.6 Å². The average Bonchev–Trinajstić information content (AvgIpc) is 2.90. The van der Waals surface area contributed by atoms with Crippen LogP contribution in [0.5, 0.6) is 0 Å². The smallest absolute Gasteiger partial charge is 0.131 e. The van der Waals surface area contributed by atoms with Crippen molar-refractivity contribution in [2.45, 2.75) is 25.4 Å². The molecule has 0 saturated heterocycles. The SMILES string of the molecule is Cl.Cl.NC(CCO)Cc1sc2c(NCc3ccccc3F)cc(Cl)nc2c1Br. The average molecular weight is 532 g/mol. The van der Waals surface area contributed by atoms with Gasteiger partial charge in [0.15, 0.2) is 0 Å². The maximum Gasteiger partial charge on any atom is 0.131 e. The zero-order valence-corrected chi connectivity index (χ0v) is 19.4. The highest BCUT2D eigenvalue weighted by atomic mass is 79.9. The van der Waals surface area contributed by atoms with E-state index in [2.05, 4.69) is 26.2 Å². The molecule has 0 radical (unpaired) electrons. The van der Waals surface area contributed by atoms with E-state index in [1.165, 1.54) is 6.07 Å². The molecule has 1 unspecified atom stereocenters. The van der Waals surface area contributed by atoms with Gasteiger partial charge in [-0.05, 0) is 34.8 Å². The quantitative estimate of drug-likeness (QED) is 0.349. The molecule has 0 aliphatic heterocycles. The molecular formula is C18H20BrCl3FN3OS. The third-order valence-electron chi connectivity index (χ3n) is 3.99. The number of nitrogens with one attached hydrogen (secondary N) is 1. The van der Waals surface area contributed by atoms with Gasteiger partial charge in [-0.3, -0.25) is 0 Å². The molecule has 1 aromatic carbocycles. The number of fused-ring (bicyclic) bond motifs is 1. The fourth-order valence-corrected chi connectivity index (χ4v) is 4.89. The van der Waals surface area contributed by atoms with Gasteiger partial charge in [0.05, 0.1) is 20.4 Å². The highest BCUT2D eigenvalue weighted by Gasteiger charge is 2.17. The molecular weight excluding hydrogens is 512 g/mol. The summed E-state index contributed by atoms with van der Waals surface area (Å²) in [4.78, 5) is 5.45. The van der Waals surface area contributed by atoms with Crippen LogP contribution in [-0.2, 0) is 13.0 Å². The van der Waals surface area contributed by atoms with Gasteiger partial charge in [-0.1, -0.05) is 29.8 Å². The van der Waals surface area contributed by atoms with Gasteiger partial charge in [0, 0.05) is 35.7 Å². The monoisotopic (exact) mass is 529 g/mol. The molecule has 2 heterocycles. The van der Waals surface area contributed by atoms with E-state index in [1.807, 2.05) is 0 Å². The number of aliphatic hydroxyl groups excluding tert-OH is 1. The molecule has 0 fully saturated rings. The first-order valence-corrected chi connectivity index (χ1v) is 10.1. The Labute approximate surface area is 192 Å². The minimum Gasteiger partial charge on any atom is -0.396 e. The Morgan fingerprint density at radius 1 is 1.32 bits per heavy atom. The lowest BCUT2D eigenvalue weighted by Gasteiger charge is -2.09. The van der Waals surface area contributed by atoms with Crippen LogP contribution in [0.25, 0.3) is 10.2 Å². The number of hydrogen-bond donors (Lipinski definition) is 3. The summed E-state index contributed by atoms with van der Waals surface area (Å²) in [6.07, 6.45) is 1.17. The molecule has 3 rings (SSSR count). The Morgan fingerprint density at radius 3 is 2.71 bits per heavy atom. The van der Waals surface area contributed by atoms with E-state index < -0.39 is 0 Å². The number of halogens is 5. The Morgan fingerprint density at radius 2 is 2.04 bits per heavy atom. The molecule has 0 bridgehead atoms. The van der Waals surface area contributed by atoms with Crippen molar-refractivity contribution in [1.29, 1.82) is 0 Å². The van der Waals surface area contributed by atoms with Gasteiger partial charge in [0.1, 0.15) is 11.0 Å². The fraction of sp³-hybridized carbons (Fsp3) is 0.278. The predicted octanol–water partition coefficient (Wildman–Crippen LogP) is 5.56. The lowest BCUT2D eigenvalue weighted by Crippen LogP contribution is -2.23. The highest BCUT2D eigenvalue weighted by Crippen LogP contribution is 2.40. The summed E-state index contributed by atoms with van der Waals surface area (Å²) >= 11 is 11.3. The van der Waals surface area contributed by atoms with Gasteiger partial charge in [0.2, 0.25) is 0 Å². The first kappa shape index (κ1) is 25.4. The van der Waals surface area contributed by atoms with Gasteiger partial charge in [-0.25, -0.2) is 9.37 Å². The summed E-state index contributed by atoms with van der Waals surface area (Å²) in [5.41, 5.74) is 8.18. The van der Waals surface area contributed by atoms with E-state index >= 15 is 0 Å². The van der Waals surface area contributed by atoms with Crippen molar-refractivity contribution in [3.8, 4) is 0 Å². The van der Waals surface area contributed by atoms with Crippen molar-refractivity contribution in [2.75, 3.05) is 11.9 Å². The molecule has 0 amide bonds. The maximum atomic E-state index is 13.9. The topological polar surface area (TPSA) is 71.2 Å². The van der Waals surface area contributed by atoms with Crippen LogP contribution in [0, 0.1) is 5.82 Å². The van der Waals surface area contributed by atoms with Gasteiger partial charge in [-0.2, -0.15) is 0 Å². The van der Waals surface area contributed by atoms with E-state index in [0.29, 0.717) is 30.1 Å². The van der Waals surface area contributed by atoms with Crippen LogP contribution in [-0.4, -0.2) is 22.7 Å². The normalized spacial score (nSPS) is 11.6. The lowest BCUT2D eigenvalue weighted by atomic mass is 10.1. The lowest BCUT2D eigenvalue weighted by molar-refractivity contribution is 0.275. The predicted molar refractivity (Wildman–Crippen MR) is 124 cm³/mol. The molecule has 0 saturated carbocycles.